The molecule has 1 unspecified atom stereocenters. The van der Waals surface area contributed by atoms with E-state index in [4.69, 9.17) is 10.8 Å². The summed E-state index contributed by atoms with van der Waals surface area (Å²) in [6, 6.07) is 12.2. The van der Waals surface area contributed by atoms with Gasteiger partial charge in [0.2, 0.25) is 0 Å². The molecule has 1 heterocycles. The van der Waals surface area contributed by atoms with Crippen LogP contribution < -0.4 is 5.73 Å². The Labute approximate surface area is 125 Å². The summed E-state index contributed by atoms with van der Waals surface area (Å²) in [5.41, 5.74) is 10.7. The van der Waals surface area contributed by atoms with Crippen LogP contribution in [0.5, 0.6) is 0 Å². The van der Waals surface area contributed by atoms with E-state index in [1.807, 2.05) is 18.2 Å². The van der Waals surface area contributed by atoms with E-state index in [1.165, 1.54) is 17.0 Å². The van der Waals surface area contributed by atoms with Crippen LogP contribution in [-0.2, 0) is 11.2 Å². The topological polar surface area (TPSA) is 68.2 Å². The van der Waals surface area contributed by atoms with Gasteiger partial charge in [-0.15, -0.1) is 0 Å². The predicted octanol–water partition coefficient (Wildman–Crippen LogP) is 2.83. The van der Waals surface area contributed by atoms with Crippen molar-refractivity contribution >= 4 is 5.97 Å². The molecule has 0 saturated heterocycles. The van der Waals surface area contributed by atoms with Gasteiger partial charge in [-0.2, -0.15) is 0 Å². The van der Waals surface area contributed by atoms with Crippen LogP contribution in [0.3, 0.4) is 0 Å². The van der Waals surface area contributed by atoms with Gasteiger partial charge in [-0.1, -0.05) is 18.2 Å². The Morgan fingerprint density at radius 2 is 1.95 bits per heavy atom. The first kappa shape index (κ1) is 15.3. The third-order valence-electron chi connectivity index (χ3n) is 3.76. The zero-order valence-electron chi connectivity index (χ0n) is 12.5. The number of carboxylic acids is 1. The van der Waals surface area contributed by atoms with E-state index < -0.39 is 5.97 Å². The monoisotopic (exact) mass is 286 g/mol. The highest BCUT2D eigenvalue weighted by Gasteiger charge is 2.14. The van der Waals surface area contributed by atoms with Crippen molar-refractivity contribution in [2.45, 2.75) is 39.2 Å². The summed E-state index contributed by atoms with van der Waals surface area (Å²) >= 11 is 0. The van der Waals surface area contributed by atoms with Crippen LogP contribution in [0, 0.1) is 13.8 Å². The first-order chi connectivity index (χ1) is 9.99. The smallest absolute Gasteiger partial charge is 0.303 e. The molecule has 0 fully saturated rings. The Morgan fingerprint density at radius 1 is 1.29 bits per heavy atom. The molecule has 0 aliphatic carbocycles. The maximum Gasteiger partial charge on any atom is 0.303 e. The summed E-state index contributed by atoms with van der Waals surface area (Å²) in [6.07, 6.45) is 1.34. The second-order valence-corrected chi connectivity index (χ2v) is 5.46. The quantitative estimate of drug-likeness (QED) is 0.858. The molecule has 1 atom stereocenters. The molecule has 0 aliphatic heterocycles. The van der Waals surface area contributed by atoms with Gasteiger partial charge in [-0.05, 0) is 50.5 Å². The first-order valence-electron chi connectivity index (χ1n) is 7.19. The lowest BCUT2D eigenvalue weighted by Crippen LogP contribution is -2.24. The average molecular weight is 286 g/mol. The number of hydrogen-bond acceptors (Lipinski definition) is 2. The average Bonchev–Trinajstić information content (AvgIpc) is 2.72. The van der Waals surface area contributed by atoms with E-state index in [2.05, 4.69) is 36.6 Å². The van der Waals surface area contributed by atoms with Gasteiger partial charge < -0.3 is 15.4 Å². The molecule has 2 rings (SSSR count). The highest BCUT2D eigenvalue weighted by Crippen LogP contribution is 2.22. The Kier molecular flexibility index (Phi) is 4.81. The molecule has 0 radical (unpaired) electrons. The number of benzene rings is 1. The standard InChI is InChI=1S/C17H22N2O2/c1-12-10-14(11-15(18)8-9-17(20)21)13(2)19(12)16-6-4-3-5-7-16/h3-7,10,15H,8-9,11,18H2,1-2H3,(H,20,21). The molecule has 4 nitrogen and oxygen atoms in total. The third kappa shape index (κ3) is 3.73. The maximum atomic E-state index is 10.6. The van der Waals surface area contributed by atoms with Gasteiger partial charge in [0.1, 0.15) is 0 Å². The van der Waals surface area contributed by atoms with E-state index in [-0.39, 0.29) is 12.5 Å². The minimum Gasteiger partial charge on any atom is -0.481 e. The number of aryl methyl sites for hydroxylation is 1. The van der Waals surface area contributed by atoms with E-state index in [0.717, 1.165) is 5.69 Å². The van der Waals surface area contributed by atoms with Crippen molar-refractivity contribution in [3.8, 4) is 5.69 Å². The minimum absolute atomic E-state index is 0.120. The molecule has 0 amide bonds. The van der Waals surface area contributed by atoms with Crippen molar-refractivity contribution in [2.24, 2.45) is 5.73 Å². The minimum atomic E-state index is -0.791. The molecule has 0 bridgehead atoms. The molecule has 3 N–H and O–H groups in total. The molecule has 0 aliphatic rings. The van der Waals surface area contributed by atoms with Crippen LogP contribution in [0.15, 0.2) is 36.4 Å². The first-order valence-corrected chi connectivity index (χ1v) is 7.19. The fourth-order valence-corrected chi connectivity index (χ4v) is 2.70. The lowest BCUT2D eigenvalue weighted by atomic mass is 10.0. The van der Waals surface area contributed by atoms with E-state index >= 15 is 0 Å². The molecule has 1 aromatic carbocycles. The van der Waals surface area contributed by atoms with Gasteiger partial charge in [-0.25, -0.2) is 0 Å². The fraction of sp³-hybridized carbons (Fsp3) is 0.353. The van der Waals surface area contributed by atoms with Crippen molar-refractivity contribution in [1.82, 2.24) is 4.57 Å². The third-order valence-corrected chi connectivity index (χ3v) is 3.76. The Bertz CT molecular complexity index is 617. The number of aliphatic carboxylic acids is 1. The largest absolute Gasteiger partial charge is 0.481 e. The predicted molar refractivity (Wildman–Crippen MR) is 83.8 cm³/mol. The van der Waals surface area contributed by atoms with Crippen LogP contribution >= 0.6 is 0 Å². The molecule has 21 heavy (non-hydrogen) atoms. The molecule has 2 aromatic rings. The highest BCUT2D eigenvalue weighted by atomic mass is 16.4. The molecule has 112 valence electrons. The lowest BCUT2D eigenvalue weighted by Gasteiger charge is -2.12. The van der Waals surface area contributed by atoms with Gasteiger partial charge in [0, 0.05) is 29.5 Å². The Balaban J connectivity index is 2.18. The summed E-state index contributed by atoms with van der Waals surface area (Å²) in [5.74, 6) is -0.791. The summed E-state index contributed by atoms with van der Waals surface area (Å²) in [5, 5.41) is 8.72. The van der Waals surface area contributed by atoms with Gasteiger partial charge >= 0.3 is 5.97 Å². The van der Waals surface area contributed by atoms with Crippen molar-refractivity contribution < 1.29 is 9.90 Å². The second kappa shape index (κ2) is 6.59. The Hall–Kier alpha value is -2.07. The van der Waals surface area contributed by atoms with Crippen LogP contribution in [0.1, 0.15) is 29.8 Å². The molecule has 0 spiro atoms. The fourth-order valence-electron chi connectivity index (χ4n) is 2.70. The van der Waals surface area contributed by atoms with E-state index in [0.29, 0.717) is 12.8 Å². The number of aromatic nitrogens is 1. The number of nitrogens with zero attached hydrogens (tertiary/aromatic N) is 1. The van der Waals surface area contributed by atoms with Crippen molar-refractivity contribution in [1.29, 1.82) is 0 Å². The molecular weight excluding hydrogens is 264 g/mol. The second-order valence-electron chi connectivity index (χ2n) is 5.46. The number of para-hydroxylation sites is 1. The number of rotatable bonds is 6. The molecule has 4 heteroatoms. The molecule has 0 saturated carbocycles. The van der Waals surface area contributed by atoms with Crippen LogP contribution in [0.2, 0.25) is 0 Å². The lowest BCUT2D eigenvalue weighted by molar-refractivity contribution is -0.137. The van der Waals surface area contributed by atoms with Crippen LogP contribution in [0.4, 0.5) is 0 Å². The summed E-state index contributed by atoms with van der Waals surface area (Å²) in [4.78, 5) is 10.6. The van der Waals surface area contributed by atoms with Crippen LogP contribution in [-0.4, -0.2) is 21.7 Å². The van der Waals surface area contributed by atoms with Gasteiger partial charge in [-0.3, -0.25) is 4.79 Å². The summed E-state index contributed by atoms with van der Waals surface area (Å²) < 4.78 is 2.21. The zero-order valence-corrected chi connectivity index (χ0v) is 12.5. The SMILES string of the molecule is Cc1cc(CC(N)CCC(=O)O)c(C)n1-c1ccccc1. The van der Waals surface area contributed by atoms with Crippen molar-refractivity contribution in [3.63, 3.8) is 0 Å². The number of carboxylic acid groups (broad SMARTS) is 1. The maximum absolute atomic E-state index is 10.6. The molecule has 1 aromatic heterocycles. The van der Waals surface area contributed by atoms with E-state index in [9.17, 15) is 4.79 Å². The van der Waals surface area contributed by atoms with Gasteiger partial charge in [0.15, 0.2) is 0 Å². The summed E-state index contributed by atoms with van der Waals surface area (Å²) in [6.45, 7) is 4.16. The van der Waals surface area contributed by atoms with Gasteiger partial charge in [0.05, 0.1) is 0 Å². The Morgan fingerprint density at radius 3 is 2.57 bits per heavy atom. The van der Waals surface area contributed by atoms with Crippen molar-refractivity contribution in [2.75, 3.05) is 0 Å². The van der Waals surface area contributed by atoms with Crippen molar-refractivity contribution in [3.05, 3.63) is 53.3 Å². The number of hydrogen-bond donors (Lipinski definition) is 2. The summed E-state index contributed by atoms with van der Waals surface area (Å²) in [7, 11) is 0. The zero-order chi connectivity index (χ0) is 15.4. The number of carbonyl (C=O) groups is 1. The normalized spacial score (nSPS) is 12.3. The van der Waals surface area contributed by atoms with E-state index in [1.54, 1.807) is 0 Å². The van der Waals surface area contributed by atoms with Crippen LogP contribution in [0.25, 0.3) is 5.69 Å². The highest BCUT2D eigenvalue weighted by molar-refractivity contribution is 5.66. The van der Waals surface area contributed by atoms with Gasteiger partial charge in [0.25, 0.3) is 0 Å². The molecular formula is C17H22N2O2. The number of nitrogens with two attached hydrogens (primary N) is 1.